The lowest BCUT2D eigenvalue weighted by atomic mass is 9.72. The zero-order chi connectivity index (χ0) is 23.9. The van der Waals surface area contributed by atoms with Gasteiger partial charge in [0, 0.05) is 13.0 Å². The highest BCUT2D eigenvalue weighted by molar-refractivity contribution is 6.46. The summed E-state index contributed by atoms with van der Waals surface area (Å²) in [5.74, 6) is -1.75. The molecular weight excluding hydrogens is 434 g/mol. The number of hydrogen-bond acceptors (Lipinski definition) is 8. The molecule has 2 N–H and O–H groups in total. The molecule has 0 radical (unpaired) electrons. The van der Waals surface area contributed by atoms with E-state index in [4.69, 9.17) is 18.9 Å². The maximum absolute atomic E-state index is 12.4. The summed E-state index contributed by atoms with van der Waals surface area (Å²) in [5, 5.41) is 13.1. The molecule has 178 valence electrons. The van der Waals surface area contributed by atoms with Crippen LogP contribution in [0.25, 0.3) is 0 Å². The Morgan fingerprint density at radius 2 is 1.97 bits per heavy atom. The second-order valence-corrected chi connectivity index (χ2v) is 8.32. The van der Waals surface area contributed by atoms with Crippen molar-refractivity contribution in [1.82, 2.24) is 5.32 Å². The van der Waals surface area contributed by atoms with E-state index in [-0.39, 0.29) is 37.5 Å². The number of ether oxygens (including phenoxy) is 3. The van der Waals surface area contributed by atoms with E-state index in [1.807, 2.05) is 0 Å². The van der Waals surface area contributed by atoms with E-state index in [1.165, 1.54) is 6.07 Å². The molecule has 1 atom stereocenters. The van der Waals surface area contributed by atoms with E-state index in [2.05, 4.69) is 5.32 Å². The molecule has 0 fully saturated rings. The Bertz CT molecular complexity index is 798. The molecule has 0 saturated heterocycles. The van der Waals surface area contributed by atoms with E-state index in [0.717, 1.165) is 0 Å². The first-order valence-electron chi connectivity index (χ1n) is 10.1. The summed E-state index contributed by atoms with van der Waals surface area (Å²) in [5.41, 5.74) is -0.0588. The van der Waals surface area contributed by atoms with Crippen LogP contribution >= 0.6 is 0 Å². The van der Waals surface area contributed by atoms with Crippen LogP contribution in [0.15, 0.2) is 18.2 Å². The molecule has 8 nitrogen and oxygen atoms in total. The smallest absolute Gasteiger partial charge is 0.534 e. The fourth-order valence-electron chi connectivity index (χ4n) is 2.80. The number of esters is 2. The summed E-state index contributed by atoms with van der Waals surface area (Å²) in [7, 11) is -1.33. The van der Waals surface area contributed by atoms with Crippen molar-refractivity contribution in [3.63, 3.8) is 0 Å². The SMILES string of the molecule is CC(C)(C)C(=O)OCOC(=O)c1cccc2c1OB(O)[C@@H](NCOCCCC(F)(F)F)C2. The van der Waals surface area contributed by atoms with Gasteiger partial charge in [-0.05, 0) is 45.2 Å². The number of carbonyl (C=O) groups excluding carboxylic acids is 2. The van der Waals surface area contributed by atoms with Crippen LogP contribution in [0.1, 0.15) is 49.5 Å². The van der Waals surface area contributed by atoms with E-state index in [1.54, 1.807) is 32.9 Å². The molecular formula is C20H27BF3NO7. The quantitative estimate of drug-likeness (QED) is 0.251. The largest absolute Gasteiger partial charge is 0.541 e. The van der Waals surface area contributed by atoms with Crippen molar-refractivity contribution in [3.05, 3.63) is 29.3 Å². The van der Waals surface area contributed by atoms with E-state index in [0.29, 0.717) is 5.56 Å². The summed E-state index contributed by atoms with van der Waals surface area (Å²) in [6.07, 6.45) is -5.03. The van der Waals surface area contributed by atoms with Crippen LogP contribution in [0.5, 0.6) is 5.75 Å². The number of halogens is 3. The number of hydrogen-bond donors (Lipinski definition) is 2. The van der Waals surface area contributed by atoms with Crippen molar-refractivity contribution in [2.45, 2.75) is 52.2 Å². The molecule has 2 rings (SSSR count). The molecule has 1 heterocycles. The summed E-state index contributed by atoms with van der Waals surface area (Å²) in [4.78, 5) is 24.1. The van der Waals surface area contributed by atoms with E-state index < -0.39 is 49.8 Å². The summed E-state index contributed by atoms with van der Waals surface area (Å²) >= 11 is 0. The predicted molar refractivity (Wildman–Crippen MR) is 108 cm³/mol. The molecule has 32 heavy (non-hydrogen) atoms. The minimum absolute atomic E-state index is 0.0650. The second kappa shape index (κ2) is 11.0. The number of fused-ring (bicyclic) bond motifs is 1. The topological polar surface area (TPSA) is 103 Å². The molecule has 1 aromatic rings. The van der Waals surface area contributed by atoms with Crippen molar-refractivity contribution >= 4 is 19.1 Å². The molecule has 0 aliphatic carbocycles. The fourth-order valence-corrected chi connectivity index (χ4v) is 2.80. The second-order valence-electron chi connectivity index (χ2n) is 8.32. The van der Waals surface area contributed by atoms with Gasteiger partial charge in [-0.15, -0.1) is 0 Å². The number of alkyl halides is 3. The van der Waals surface area contributed by atoms with Crippen LogP contribution < -0.4 is 9.97 Å². The highest BCUT2D eigenvalue weighted by Gasteiger charge is 2.37. The third kappa shape index (κ3) is 7.99. The zero-order valence-electron chi connectivity index (χ0n) is 18.2. The van der Waals surface area contributed by atoms with Crippen LogP contribution in [0.2, 0.25) is 0 Å². The normalized spacial score (nSPS) is 16.2. The summed E-state index contributed by atoms with van der Waals surface area (Å²) in [6.45, 7) is 4.28. The molecule has 0 amide bonds. The molecule has 1 aliphatic rings. The van der Waals surface area contributed by atoms with Gasteiger partial charge < -0.3 is 23.9 Å². The zero-order valence-corrected chi connectivity index (χ0v) is 18.2. The van der Waals surface area contributed by atoms with Gasteiger partial charge in [0.25, 0.3) is 0 Å². The lowest BCUT2D eigenvalue weighted by Gasteiger charge is -2.29. The van der Waals surface area contributed by atoms with E-state index in [9.17, 15) is 27.8 Å². The number of para-hydroxylation sites is 1. The molecule has 0 aromatic heterocycles. The maximum atomic E-state index is 12.4. The van der Waals surface area contributed by atoms with Gasteiger partial charge in [0.05, 0.1) is 18.1 Å². The summed E-state index contributed by atoms with van der Waals surface area (Å²) in [6, 6.07) is 4.77. The highest BCUT2D eigenvalue weighted by Crippen LogP contribution is 2.30. The molecule has 1 aromatic carbocycles. The fraction of sp³-hybridized carbons (Fsp3) is 0.600. The van der Waals surface area contributed by atoms with Gasteiger partial charge in [-0.25, -0.2) is 4.79 Å². The van der Waals surface area contributed by atoms with Crippen LogP contribution in [0.4, 0.5) is 13.2 Å². The molecule has 0 unspecified atom stereocenters. The minimum atomic E-state index is -4.22. The Morgan fingerprint density at radius 1 is 1.25 bits per heavy atom. The average molecular weight is 461 g/mol. The Labute approximate surface area is 184 Å². The molecule has 0 saturated carbocycles. The Morgan fingerprint density at radius 3 is 2.62 bits per heavy atom. The first-order valence-corrected chi connectivity index (χ1v) is 10.1. The van der Waals surface area contributed by atoms with Crippen LogP contribution in [-0.4, -0.2) is 56.3 Å². The van der Waals surface area contributed by atoms with Gasteiger partial charge in [-0.1, -0.05) is 12.1 Å². The van der Waals surface area contributed by atoms with Crippen LogP contribution in [0, 0.1) is 5.41 Å². The molecule has 0 bridgehead atoms. The van der Waals surface area contributed by atoms with Crippen molar-refractivity contribution < 1.29 is 46.6 Å². The highest BCUT2D eigenvalue weighted by atomic mass is 19.4. The van der Waals surface area contributed by atoms with Crippen LogP contribution in [0.3, 0.4) is 0 Å². The minimum Gasteiger partial charge on any atom is -0.534 e. The van der Waals surface area contributed by atoms with Gasteiger partial charge in [-0.3, -0.25) is 10.1 Å². The lowest BCUT2D eigenvalue weighted by Crippen LogP contribution is -2.51. The first-order chi connectivity index (χ1) is 14.9. The number of rotatable bonds is 9. The first kappa shape index (κ1) is 26.0. The Balaban J connectivity index is 1.87. The Kier molecular flexibility index (Phi) is 8.94. The predicted octanol–water partition coefficient (Wildman–Crippen LogP) is 2.62. The average Bonchev–Trinajstić information content (AvgIpc) is 2.68. The number of nitrogens with one attached hydrogen (secondary N) is 1. The lowest BCUT2D eigenvalue weighted by molar-refractivity contribution is -0.161. The molecule has 1 aliphatic heterocycles. The van der Waals surface area contributed by atoms with Crippen molar-refractivity contribution in [2.24, 2.45) is 5.41 Å². The van der Waals surface area contributed by atoms with E-state index >= 15 is 0 Å². The Hall–Kier alpha value is -2.31. The van der Waals surface area contributed by atoms with Crippen molar-refractivity contribution in [2.75, 3.05) is 20.1 Å². The van der Waals surface area contributed by atoms with Crippen molar-refractivity contribution in [1.29, 1.82) is 0 Å². The monoisotopic (exact) mass is 461 g/mol. The maximum Gasteiger partial charge on any atom is 0.541 e. The van der Waals surface area contributed by atoms with Gasteiger partial charge >= 0.3 is 25.2 Å². The van der Waals surface area contributed by atoms with Crippen LogP contribution in [-0.2, 0) is 25.4 Å². The van der Waals surface area contributed by atoms with Crippen molar-refractivity contribution in [3.8, 4) is 5.75 Å². The molecule has 12 heteroatoms. The third-order valence-corrected chi connectivity index (χ3v) is 4.53. The third-order valence-electron chi connectivity index (χ3n) is 4.53. The standard InChI is InChI=1S/C20H27BF3NO7/c1-19(2,3)18(27)31-12-30-17(26)14-7-4-6-13-10-15(21(28)32-16(13)14)25-11-29-9-5-8-20(22,23)24/h4,6-7,15,25,28H,5,8-12H2,1-3H3/t15-/m0/s1. The summed E-state index contributed by atoms with van der Waals surface area (Å²) < 4.78 is 56.8. The van der Waals surface area contributed by atoms with Gasteiger partial charge in [-0.2, -0.15) is 13.2 Å². The van der Waals surface area contributed by atoms with Gasteiger partial charge in [0.15, 0.2) is 0 Å². The van der Waals surface area contributed by atoms with Gasteiger partial charge in [0.2, 0.25) is 6.79 Å². The van der Waals surface area contributed by atoms with Gasteiger partial charge in [0.1, 0.15) is 11.3 Å². The number of carbonyl (C=O) groups is 2. The molecule has 0 spiro atoms. The number of benzene rings is 1.